The summed E-state index contributed by atoms with van der Waals surface area (Å²) in [6.45, 7) is 15.2. The van der Waals surface area contributed by atoms with Crippen LogP contribution in [-0.4, -0.2) is 48.0 Å². The van der Waals surface area contributed by atoms with Crippen LogP contribution in [0.25, 0.3) is 27.7 Å². The number of benzene rings is 2. The number of aliphatic hydroxyl groups is 1. The van der Waals surface area contributed by atoms with Crippen LogP contribution in [0.1, 0.15) is 24.5 Å². The smallest absolute Gasteiger partial charge is 0.132 e. The van der Waals surface area contributed by atoms with Crippen LogP contribution < -0.4 is 4.90 Å². The fraction of sp³-hybridized carbons (Fsp3) is 0.286. The van der Waals surface area contributed by atoms with Crippen molar-refractivity contribution in [2.24, 2.45) is 0 Å². The predicted molar refractivity (Wildman–Crippen MR) is 144 cm³/mol. The number of aromatic nitrogens is 2. The van der Waals surface area contributed by atoms with Crippen LogP contribution in [0.15, 0.2) is 65.7 Å². The second-order valence-corrected chi connectivity index (χ2v) is 9.63. The average Bonchev–Trinajstić information content (AvgIpc) is 3.16. The highest BCUT2D eigenvalue weighted by molar-refractivity contribution is 8.06. The largest absolute Gasteiger partial charge is 0.392 e. The molecule has 0 bridgehead atoms. The van der Waals surface area contributed by atoms with Crippen LogP contribution in [0.3, 0.4) is 0 Å². The van der Waals surface area contributed by atoms with Crippen molar-refractivity contribution in [2.75, 3.05) is 37.8 Å². The van der Waals surface area contributed by atoms with Gasteiger partial charge in [-0.05, 0) is 78.3 Å². The zero-order chi connectivity index (χ0) is 24.9. The SMILES string of the molecule is C=C(S/C=C(\C)CO)C(=C)c1cc(-c2ncnc3cc(N4CCCOCC4)ccc23)c(F)cc1C. The van der Waals surface area contributed by atoms with Crippen molar-refractivity contribution in [3.8, 4) is 11.3 Å². The zero-order valence-corrected chi connectivity index (χ0v) is 21.0. The maximum absolute atomic E-state index is 15.2. The third-order valence-corrected chi connectivity index (χ3v) is 7.14. The Balaban J connectivity index is 1.71. The number of thioether (sulfide) groups is 1. The molecule has 2 heterocycles. The number of nitrogens with zero attached hydrogens (tertiary/aromatic N) is 3. The number of rotatable bonds is 7. The van der Waals surface area contributed by atoms with E-state index in [-0.39, 0.29) is 12.4 Å². The molecule has 1 aliphatic rings. The van der Waals surface area contributed by atoms with Gasteiger partial charge in [0.1, 0.15) is 12.1 Å². The summed E-state index contributed by atoms with van der Waals surface area (Å²) in [5, 5.41) is 11.9. The number of hydrogen-bond acceptors (Lipinski definition) is 6. The monoisotopic (exact) mass is 491 g/mol. The van der Waals surface area contributed by atoms with Gasteiger partial charge in [-0.15, -0.1) is 0 Å². The van der Waals surface area contributed by atoms with E-state index in [1.165, 1.54) is 24.2 Å². The highest BCUT2D eigenvalue weighted by Crippen LogP contribution is 2.37. The Hall–Kier alpha value is -3.00. The highest BCUT2D eigenvalue weighted by Gasteiger charge is 2.18. The van der Waals surface area contributed by atoms with E-state index >= 15 is 4.39 Å². The number of hydrogen-bond donors (Lipinski definition) is 1. The fourth-order valence-electron chi connectivity index (χ4n) is 4.07. The molecule has 0 saturated carbocycles. The average molecular weight is 492 g/mol. The molecule has 0 amide bonds. The van der Waals surface area contributed by atoms with Crippen molar-refractivity contribution >= 4 is 33.9 Å². The van der Waals surface area contributed by atoms with Gasteiger partial charge < -0.3 is 14.7 Å². The summed E-state index contributed by atoms with van der Waals surface area (Å²) in [5.41, 5.74) is 5.90. The molecule has 0 unspecified atom stereocenters. The van der Waals surface area contributed by atoms with E-state index in [0.29, 0.717) is 23.4 Å². The van der Waals surface area contributed by atoms with Crippen LogP contribution in [0.2, 0.25) is 0 Å². The maximum Gasteiger partial charge on any atom is 0.132 e. The minimum Gasteiger partial charge on any atom is -0.392 e. The molecule has 1 aromatic heterocycles. The lowest BCUT2D eigenvalue weighted by molar-refractivity contribution is 0.152. The van der Waals surface area contributed by atoms with Crippen molar-refractivity contribution in [1.82, 2.24) is 9.97 Å². The van der Waals surface area contributed by atoms with Crippen LogP contribution in [0.5, 0.6) is 0 Å². The normalized spacial score (nSPS) is 14.7. The summed E-state index contributed by atoms with van der Waals surface area (Å²) < 4.78 is 20.8. The van der Waals surface area contributed by atoms with Gasteiger partial charge in [0.05, 0.1) is 24.4 Å². The summed E-state index contributed by atoms with van der Waals surface area (Å²) in [7, 11) is 0. The number of ether oxygens (including phenoxy) is 1. The van der Waals surface area contributed by atoms with Crippen molar-refractivity contribution in [1.29, 1.82) is 0 Å². The van der Waals surface area contributed by atoms with Gasteiger partial charge in [0, 0.05) is 41.2 Å². The molecule has 1 saturated heterocycles. The van der Waals surface area contributed by atoms with Gasteiger partial charge in [0.15, 0.2) is 0 Å². The maximum atomic E-state index is 15.2. The quantitative estimate of drug-likeness (QED) is 0.402. The predicted octanol–water partition coefficient (Wildman–Crippen LogP) is 6.13. The molecule has 0 spiro atoms. The van der Waals surface area contributed by atoms with Crippen molar-refractivity contribution in [2.45, 2.75) is 20.3 Å². The molecule has 35 heavy (non-hydrogen) atoms. The van der Waals surface area contributed by atoms with Gasteiger partial charge >= 0.3 is 0 Å². The topological polar surface area (TPSA) is 58.5 Å². The number of aliphatic hydroxyl groups excluding tert-OH is 1. The van der Waals surface area contributed by atoms with Gasteiger partial charge in [0.2, 0.25) is 0 Å². The third kappa shape index (κ3) is 5.64. The first-order valence-corrected chi connectivity index (χ1v) is 12.5. The Morgan fingerprint density at radius 2 is 2.03 bits per heavy atom. The number of allylic oxidation sites excluding steroid dienone is 1. The van der Waals surface area contributed by atoms with Crippen molar-refractivity contribution < 1.29 is 14.2 Å². The van der Waals surface area contributed by atoms with E-state index in [9.17, 15) is 5.11 Å². The summed E-state index contributed by atoms with van der Waals surface area (Å²) in [5.74, 6) is -0.345. The zero-order valence-electron chi connectivity index (χ0n) is 20.2. The highest BCUT2D eigenvalue weighted by atomic mass is 32.2. The van der Waals surface area contributed by atoms with E-state index < -0.39 is 0 Å². The van der Waals surface area contributed by atoms with E-state index in [1.807, 2.05) is 37.5 Å². The lowest BCUT2D eigenvalue weighted by Gasteiger charge is -2.22. The molecular weight excluding hydrogens is 461 g/mol. The molecule has 3 aromatic rings. The summed E-state index contributed by atoms with van der Waals surface area (Å²) >= 11 is 1.40. The molecule has 1 N–H and O–H groups in total. The molecule has 1 aliphatic heterocycles. The Kier molecular flexibility index (Phi) is 8.00. The Labute approximate surface area is 210 Å². The Morgan fingerprint density at radius 3 is 2.83 bits per heavy atom. The third-order valence-electron chi connectivity index (χ3n) is 6.09. The molecule has 4 rings (SSSR count). The molecule has 0 radical (unpaired) electrons. The minimum atomic E-state index is -0.345. The molecule has 182 valence electrons. The minimum absolute atomic E-state index is 0.0134. The first kappa shape index (κ1) is 25.1. The van der Waals surface area contributed by atoms with E-state index in [1.54, 1.807) is 6.07 Å². The lowest BCUT2D eigenvalue weighted by atomic mass is 9.95. The molecule has 5 nitrogen and oxygen atoms in total. The Bertz CT molecular complexity index is 1300. The fourth-order valence-corrected chi connectivity index (χ4v) is 4.74. The number of anilines is 1. The van der Waals surface area contributed by atoms with Gasteiger partial charge in [-0.2, -0.15) is 0 Å². The molecule has 2 aromatic carbocycles. The summed E-state index contributed by atoms with van der Waals surface area (Å²) in [4.78, 5) is 12.0. The summed E-state index contributed by atoms with van der Waals surface area (Å²) in [6, 6.07) is 9.36. The lowest BCUT2D eigenvalue weighted by Crippen LogP contribution is -2.25. The standard InChI is InChI=1S/C28H30FN3O2S/c1-18(15-33)16-35-21(4)20(3)24-14-25(26(29)12-19(24)2)28-23-7-6-22(13-27(23)30-17-31-28)32-8-5-10-34-11-9-32/h6-7,12-14,16-17,33H,3-5,8-11,15H2,1-2H3/b18-16+. The van der Waals surface area contributed by atoms with Gasteiger partial charge in [-0.3, -0.25) is 0 Å². The first-order chi connectivity index (χ1) is 16.9. The van der Waals surface area contributed by atoms with Gasteiger partial charge in [0.25, 0.3) is 0 Å². The van der Waals surface area contributed by atoms with Crippen molar-refractivity contribution in [3.05, 3.63) is 82.6 Å². The van der Waals surface area contributed by atoms with E-state index in [4.69, 9.17) is 4.74 Å². The van der Waals surface area contributed by atoms with Gasteiger partial charge in [-0.25, -0.2) is 14.4 Å². The number of aryl methyl sites for hydroxylation is 1. The Morgan fingerprint density at radius 1 is 1.20 bits per heavy atom. The van der Waals surface area contributed by atoms with Crippen LogP contribution in [0.4, 0.5) is 10.1 Å². The molecule has 7 heteroatoms. The van der Waals surface area contributed by atoms with Crippen molar-refractivity contribution in [3.63, 3.8) is 0 Å². The number of halogens is 1. The van der Waals surface area contributed by atoms with Crippen LogP contribution >= 0.6 is 11.8 Å². The van der Waals surface area contributed by atoms with Gasteiger partial charge in [-0.1, -0.05) is 24.9 Å². The molecule has 0 atom stereocenters. The van der Waals surface area contributed by atoms with E-state index in [2.05, 4.69) is 28.0 Å². The van der Waals surface area contributed by atoms with Crippen LogP contribution in [-0.2, 0) is 4.74 Å². The van der Waals surface area contributed by atoms with E-state index in [0.717, 1.165) is 64.3 Å². The number of fused-ring (bicyclic) bond motifs is 1. The van der Waals surface area contributed by atoms with Crippen LogP contribution in [0, 0.1) is 12.7 Å². The second-order valence-electron chi connectivity index (χ2n) is 8.67. The molecule has 1 fully saturated rings. The molecule has 0 aliphatic carbocycles. The second kappa shape index (κ2) is 11.2. The first-order valence-electron chi connectivity index (χ1n) is 11.6. The molecular formula is C28H30FN3O2S. The summed E-state index contributed by atoms with van der Waals surface area (Å²) in [6.07, 6.45) is 2.46.